The van der Waals surface area contributed by atoms with Crippen LogP contribution in [0.2, 0.25) is 5.15 Å². The average Bonchev–Trinajstić information content (AvgIpc) is 3.34. The minimum atomic E-state index is 0.374. The molecule has 0 aliphatic rings. The van der Waals surface area contributed by atoms with E-state index in [-0.39, 0.29) is 0 Å². The summed E-state index contributed by atoms with van der Waals surface area (Å²) >= 11 is 7.66. The Hall–Kier alpha value is -3.23. The van der Waals surface area contributed by atoms with Crippen molar-refractivity contribution < 1.29 is 4.74 Å². The average molecular weight is 411 g/mol. The number of thiazole rings is 1. The van der Waals surface area contributed by atoms with Crippen molar-refractivity contribution >= 4 is 40.0 Å². The fraction of sp³-hybridized carbons (Fsp3) is 0.0526. The molecule has 0 spiro atoms. The molecule has 0 atom stereocenters. The van der Waals surface area contributed by atoms with Gasteiger partial charge in [-0.2, -0.15) is 9.78 Å². The van der Waals surface area contributed by atoms with E-state index in [2.05, 4.69) is 25.6 Å². The van der Waals surface area contributed by atoms with Crippen LogP contribution in [0.4, 0.5) is 10.8 Å². The predicted molar refractivity (Wildman–Crippen MR) is 112 cm³/mol. The number of rotatable bonds is 6. The number of nitrogens with zero attached hydrogens (tertiary/aromatic N) is 5. The van der Waals surface area contributed by atoms with Gasteiger partial charge in [-0.05, 0) is 24.3 Å². The molecule has 0 saturated heterocycles. The van der Waals surface area contributed by atoms with E-state index in [1.165, 1.54) is 11.3 Å². The van der Waals surface area contributed by atoms with Crippen LogP contribution in [-0.4, -0.2) is 33.2 Å². The summed E-state index contributed by atoms with van der Waals surface area (Å²) in [6.07, 6.45) is 3.19. The van der Waals surface area contributed by atoms with E-state index in [9.17, 15) is 0 Å². The zero-order valence-electron chi connectivity index (χ0n) is 14.8. The second kappa shape index (κ2) is 8.20. The lowest BCUT2D eigenvalue weighted by Crippen LogP contribution is -1.92. The highest BCUT2D eigenvalue weighted by atomic mass is 35.5. The van der Waals surface area contributed by atoms with Crippen LogP contribution in [0.1, 0.15) is 4.88 Å². The monoisotopic (exact) mass is 410 g/mol. The van der Waals surface area contributed by atoms with Crippen LogP contribution < -0.4 is 10.1 Å². The molecule has 2 aromatic heterocycles. The molecule has 28 heavy (non-hydrogen) atoms. The van der Waals surface area contributed by atoms with Crippen LogP contribution in [0.3, 0.4) is 0 Å². The molecular weight excluding hydrogens is 396 g/mol. The largest absolute Gasteiger partial charge is 0.497 e. The van der Waals surface area contributed by atoms with Crippen LogP contribution in [0.5, 0.6) is 5.75 Å². The van der Waals surface area contributed by atoms with Crippen molar-refractivity contribution in [3.05, 3.63) is 71.0 Å². The third kappa shape index (κ3) is 4.03. The van der Waals surface area contributed by atoms with E-state index in [0.29, 0.717) is 16.1 Å². The smallest absolute Gasteiger partial charge is 0.189 e. The minimum absolute atomic E-state index is 0.374. The minimum Gasteiger partial charge on any atom is -0.497 e. The number of hydrogen-bond donors (Lipinski definition) is 1. The van der Waals surface area contributed by atoms with Gasteiger partial charge in [-0.25, -0.2) is 4.98 Å². The Balaban J connectivity index is 1.52. The van der Waals surface area contributed by atoms with Crippen molar-refractivity contribution in [3.8, 4) is 17.1 Å². The molecule has 0 aliphatic carbocycles. The molecule has 0 saturated carbocycles. The van der Waals surface area contributed by atoms with E-state index in [4.69, 9.17) is 16.3 Å². The maximum Gasteiger partial charge on any atom is 0.189 e. The summed E-state index contributed by atoms with van der Waals surface area (Å²) in [6, 6.07) is 17.3. The molecule has 0 fully saturated rings. The number of halogens is 1. The van der Waals surface area contributed by atoms with Gasteiger partial charge in [-0.1, -0.05) is 53.3 Å². The summed E-state index contributed by atoms with van der Waals surface area (Å²) in [5.74, 6) is 1.44. The Labute approximate surface area is 170 Å². The molecule has 0 radical (unpaired) electrons. The molecule has 0 aliphatic heterocycles. The fourth-order valence-electron chi connectivity index (χ4n) is 2.45. The lowest BCUT2D eigenvalue weighted by atomic mass is 10.2. The molecular formula is C19H15ClN6OS. The van der Waals surface area contributed by atoms with Gasteiger partial charge in [0.05, 0.1) is 18.2 Å². The molecule has 1 N–H and O–H groups in total. The van der Waals surface area contributed by atoms with Crippen molar-refractivity contribution in [1.29, 1.82) is 0 Å². The van der Waals surface area contributed by atoms with Crippen molar-refractivity contribution in [2.45, 2.75) is 0 Å². The molecule has 0 unspecified atom stereocenters. The van der Waals surface area contributed by atoms with Crippen molar-refractivity contribution in [2.75, 3.05) is 12.4 Å². The van der Waals surface area contributed by atoms with Gasteiger partial charge in [-0.15, -0.1) is 10.2 Å². The summed E-state index contributed by atoms with van der Waals surface area (Å²) in [5, 5.41) is 16.8. The maximum atomic E-state index is 6.26. The Kier molecular flexibility index (Phi) is 5.31. The van der Waals surface area contributed by atoms with Gasteiger partial charge in [0, 0.05) is 11.3 Å². The normalized spacial score (nSPS) is 11.1. The quantitative estimate of drug-likeness (QED) is 0.466. The Morgan fingerprint density at radius 3 is 2.68 bits per heavy atom. The third-order valence-electron chi connectivity index (χ3n) is 3.81. The van der Waals surface area contributed by atoms with Crippen molar-refractivity contribution in [3.63, 3.8) is 0 Å². The molecule has 0 bridgehead atoms. The fourth-order valence-corrected chi connectivity index (χ4v) is 3.49. The highest BCUT2D eigenvalue weighted by Gasteiger charge is 2.09. The van der Waals surface area contributed by atoms with E-state index >= 15 is 0 Å². The topological polar surface area (TPSA) is 77.2 Å². The zero-order valence-corrected chi connectivity index (χ0v) is 16.4. The summed E-state index contributed by atoms with van der Waals surface area (Å²) in [4.78, 5) is 5.07. The highest BCUT2D eigenvalue weighted by molar-refractivity contribution is 7.17. The van der Waals surface area contributed by atoms with Crippen molar-refractivity contribution in [1.82, 2.24) is 19.9 Å². The van der Waals surface area contributed by atoms with Crippen LogP contribution in [0, 0.1) is 0 Å². The number of aromatic nitrogens is 4. The molecule has 0 amide bonds. The Morgan fingerprint density at radius 2 is 1.93 bits per heavy atom. The number of anilines is 2. The number of nitrogens with one attached hydrogen (secondary N) is 1. The summed E-state index contributed by atoms with van der Waals surface area (Å²) in [7, 11) is 1.63. The first-order chi connectivity index (χ1) is 13.7. The molecule has 4 rings (SSSR count). The van der Waals surface area contributed by atoms with E-state index in [1.54, 1.807) is 24.3 Å². The lowest BCUT2D eigenvalue weighted by Gasteiger charge is -2.03. The predicted octanol–water partition coefficient (Wildman–Crippen LogP) is 4.69. The second-order valence-corrected chi connectivity index (χ2v) is 7.03. The third-order valence-corrected chi connectivity index (χ3v) is 5.12. The summed E-state index contributed by atoms with van der Waals surface area (Å²) in [5.41, 5.74) is 1.81. The van der Waals surface area contributed by atoms with Gasteiger partial charge in [0.2, 0.25) is 0 Å². The van der Waals surface area contributed by atoms with Gasteiger partial charge >= 0.3 is 0 Å². The highest BCUT2D eigenvalue weighted by Crippen LogP contribution is 2.28. The summed E-state index contributed by atoms with van der Waals surface area (Å²) in [6.45, 7) is 0. The van der Waals surface area contributed by atoms with Gasteiger partial charge in [-0.3, -0.25) is 0 Å². The van der Waals surface area contributed by atoms with E-state index in [0.717, 1.165) is 21.9 Å². The van der Waals surface area contributed by atoms with Gasteiger partial charge in [0.1, 0.15) is 12.1 Å². The van der Waals surface area contributed by atoms with Gasteiger partial charge in [0.25, 0.3) is 0 Å². The maximum absolute atomic E-state index is 6.26. The first kappa shape index (κ1) is 18.1. The number of hydrogen-bond acceptors (Lipinski definition) is 7. The van der Waals surface area contributed by atoms with Crippen LogP contribution in [0.15, 0.2) is 66.0 Å². The molecule has 2 aromatic carbocycles. The molecule has 2 heterocycles. The molecule has 140 valence electrons. The van der Waals surface area contributed by atoms with Crippen LogP contribution in [0.25, 0.3) is 11.4 Å². The van der Waals surface area contributed by atoms with E-state index in [1.807, 2.05) is 54.6 Å². The van der Waals surface area contributed by atoms with E-state index < -0.39 is 0 Å². The second-order valence-electron chi connectivity index (χ2n) is 5.64. The molecule has 4 aromatic rings. The molecule has 9 heteroatoms. The van der Waals surface area contributed by atoms with Gasteiger partial charge in [0.15, 0.2) is 16.1 Å². The Bertz CT molecular complexity index is 1090. The first-order valence-corrected chi connectivity index (χ1v) is 9.49. The van der Waals surface area contributed by atoms with Gasteiger partial charge < -0.3 is 10.1 Å². The number of ether oxygens (including phenoxy) is 1. The standard InChI is InChI=1S/C19H15ClN6OS/c1-27-15-9-7-14(8-10-15)23-19-24-17(20)16(28-19)11-22-26-12-21-25-18(26)13-5-3-2-4-6-13/h2-12H,1H3,(H,23,24)/b22-11+. The SMILES string of the molecule is COc1ccc(Nc2nc(Cl)c(/C=N/n3cnnc3-c3ccccc3)s2)cc1. The lowest BCUT2D eigenvalue weighted by molar-refractivity contribution is 0.415. The Morgan fingerprint density at radius 1 is 1.14 bits per heavy atom. The first-order valence-electron chi connectivity index (χ1n) is 8.30. The number of benzene rings is 2. The summed E-state index contributed by atoms with van der Waals surface area (Å²) < 4.78 is 6.76. The molecule has 7 nitrogen and oxygen atoms in total. The zero-order chi connectivity index (χ0) is 19.3. The number of methoxy groups -OCH3 is 1. The van der Waals surface area contributed by atoms with Crippen LogP contribution >= 0.6 is 22.9 Å². The van der Waals surface area contributed by atoms with Crippen molar-refractivity contribution in [2.24, 2.45) is 5.10 Å². The van der Waals surface area contributed by atoms with Crippen LogP contribution in [-0.2, 0) is 0 Å².